The molecule has 0 aromatic heterocycles. The molecule has 4 heteroatoms. The molecule has 1 aromatic rings. The lowest BCUT2D eigenvalue weighted by Gasteiger charge is -2.16. The summed E-state index contributed by atoms with van der Waals surface area (Å²) in [6.07, 6.45) is 0.476. The van der Waals surface area contributed by atoms with Crippen molar-refractivity contribution in [2.24, 2.45) is 0 Å². The molecule has 3 nitrogen and oxygen atoms in total. The fraction of sp³-hybridized carbons (Fsp3) is 0.300. The number of carbonyl (C=O) groups is 1. The van der Waals surface area contributed by atoms with E-state index in [1.165, 1.54) is 12.0 Å². The van der Waals surface area contributed by atoms with Gasteiger partial charge in [-0.3, -0.25) is 4.79 Å². The Bertz CT molecular complexity index is 362. The first-order valence-corrected chi connectivity index (χ1v) is 5.06. The molecule has 0 atom stereocenters. The summed E-state index contributed by atoms with van der Waals surface area (Å²) >= 11 is 1.26. The van der Waals surface area contributed by atoms with Crippen molar-refractivity contribution in [3.05, 3.63) is 23.8 Å². The fourth-order valence-corrected chi connectivity index (χ4v) is 1.86. The third kappa shape index (κ3) is 1.76. The van der Waals surface area contributed by atoms with Crippen molar-refractivity contribution in [2.75, 3.05) is 13.7 Å². The molecule has 0 N–H and O–H groups in total. The molecule has 1 aliphatic heterocycles. The van der Waals surface area contributed by atoms with Crippen molar-refractivity contribution in [3.8, 4) is 5.75 Å². The van der Waals surface area contributed by atoms with Gasteiger partial charge < -0.3 is 8.92 Å². The third-order valence-corrected chi connectivity index (χ3v) is 2.63. The minimum Gasteiger partial charge on any atom is -0.492 e. The quantitative estimate of drug-likeness (QED) is 0.702. The van der Waals surface area contributed by atoms with Crippen LogP contribution in [0.4, 0.5) is 0 Å². The van der Waals surface area contributed by atoms with Crippen molar-refractivity contribution < 1.29 is 13.7 Å². The second kappa shape index (κ2) is 4.02. The SMILES string of the molecule is COSc1ccc2c(c1)OCCC2=O. The number of ether oxygens (including phenoxy) is 1. The molecular formula is C10H10O3S. The minimum absolute atomic E-state index is 0.153. The van der Waals surface area contributed by atoms with E-state index >= 15 is 0 Å². The Morgan fingerprint density at radius 3 is 3.14 bits per heavy atom. The van der Waals surface area contributed by atoms with Crippen LogP contribution in [0.15, 0.2) is 23.1 Å². The van der Waals surface area contributed by atoms with Gasteiger partial charge in [-0.05, 0) is 18.2 Å². The highest BCUT2D eigenvalue weighted by Crippen LogP contribution is 2.30. The van der Waals surface area contributed by atoms with E-state index in [-0.39, 0.29) is 5.78 Å². The van der Waals surface area contributed by atoms with Gasteiger partial charge in [0.05, 0.1) is 19.3 Å². The highest BCUT2D eigenvalue weighted by Gasteiger charge is 2.18. The van der Waals surface area contributed by atoms with Crippen molar-refractivity contribution in [1.82, 2.24) is 0 Å². The van der Waals surface area contributed by atoms with E-state index in [1.807, 2.05) is 12.1 Å². The summed E-state index contributed by atoms with van der Waals surface area (Å²) in [6, 6.07) is 5.48. The molecule has 0 spiro atoms. The fourth-order valence-electron chi connectivity index (χ4n) is 1.39. The van der Waals surface area contributed by atoms with E-state index in [1.54, 1.807) is 13.2 Å². The van der Waals surface area contributed by atoms with Crippen LogP contribution in [0.1, 0.15) is 16.8 Å². The molecule has 0 saturated carbocycles. The van der Waals surface area contributed by atoms with Crippen LogP contribution >= 0.6 is 12.0 Å². The van der Waals surface area contributed by atoms with Gasteiger partial charge in [-0.2, -0.15) is 0 Å². The maximum Gasteiger partial charge on any atom is 0.169 e. The molecule has 74 valence electrons. The van der Waals surface area contributed by atoms with Gasteiger partial charge in [0, 0.05) is 23.4 Å². The van der Waals surface area contributed by atoms with Crippen molar-refractivity contribution in [2.45, 2.75) is 11.3 Å². The van der Waals surface area contributed by atoms with Crippen molar-refractivity contribution >= 4 is 17.8 Å². The molecule has 2 rings (SSSR count). The molecular weight excluding hydrogens is 200 g/mol. The molecule has 0 bridgehead atoms. The Morgan fingerprint density at radius 1 is 1.50 bits per heavy atom. The maximum atomic E-state index is 11.4. The highest BCUT2D eigenvalue weighted by atomic mass is 32.2. The Balaban J connectivity index is 2.34. The predicted molar refractivity (Wildman–Crippen MR) is 53.8 cm³/mol. The lowest BCUT2D eigenvalue weighted by molar-refractivity contribution is 0.0933. The monoisotopic (exact) mass is 210 g/mol. The summed E-state index contributed by atoms with van der Waals surface area (Å²) in [7, 11) is 1.61. The topological polar surface area (TPSA) is 35.5 Å². The van der Waals surface area contributed by atoms with Crippen LogP contribution < -0.4 is 4.74 Å². The first-order chi connectivity index (χ1) is 6.81. The van der Waals surface area contributed by atoms with Crippen LogP contribution in [0, 0.1) is 0 Å². The van der Waals surface area contributed by atoms with Gasteiger partial charge in [0.1, 0.15) is 5.75 Å². The predicted octanol–water partition coefficient (Wildman–Crippen LogP) is 2.31. The Hall–Kier alpha value is -1.00. The Morgan fingerprint density at radius 2 is 2.36 bits per heavy atom. The van der Waals surface area contributed by atoms with Crippen LogP contribution in [-0.4, -0.2) is 19.5 Å². The maximum absolute atomic E-state index is 11.4. The van der Waals surface area contributed by atoms with Gasteiger partial charge in [-0.1, -0.05) is 0 Å². The first-order valence-electron chi connectivity index (χ1n) is 4.32. The number of hydrogen-bond donors (Lipinski definition) is 0. The normalized spacial score (nSPS) is 14.8. The zero-order valence-corrected chi connectivity index (χ0v) is 8.60. The number of carbonyl (C=O) groups excluding carboxylic acids is 1. The van der Waals surface area contributed by atoms with E-state index < -0.39 is 0 Å². The summed E-state index contributed by atoms with van der Waals surface area (Å²) in [5.41, 5.74) is 0.678. The molecule has 0 amide bonds. The largest absolute Gasteiger partial charge is 0.492 e. The average molecular weight is 210 g/mol. The summed E-state index contributed by atoms with van der Waals surface area (Å²) in [5, 5.41) is 0. The summed E-state index contributed by atoms with van der Waals surface area (Å²) in [5.74, 6) is 0.823. The highest BCUT2D eigenvalue weighted by molar-refractivity contribution is 7.94. The van der Waals surface area contributed by atoms with E-state index in [2.05, 4.69) is 0 Å². The third-order valence-electron chi connectivity index (χ3n) is 2.02. The van der Waals surface area contributed by atoms with Gasteiger partial charge in [-0.25, -0.2) is 0 Å². The summed E-state index contributed by atoms with van der Waals surface area (Å²) in [6.45, 7) is 0.479. The van der Waals surface area contributed by atoms with Gasteiger partial charge in [0.2, 0.25) is 0 Å². The second-order valence-corrected chi connectivity index (χ2v) is 3.90. The zero-order valence-electron chi connectivity index (χ0n) is 7.78. The van der Waals surface area contributed by atoms with Crippen LogP contribution in [0.25, 0.3) is 0 Å². The molecule has 0 unspecified atom stereocenters. The molecule has 0 radical (unpaired) electrons. The first kappa shape index (κ1) is 9.55. The van der Waals surface area contributed by atoms with E-state index in [9.17, 15) is 4.79 Å². The van der Waals surface area contributed by atoms with E-state index in [0.717, 1.165) is 4.90 Å². The Labute approximate surface area is 86.6 Å². The smallest absolute Gasteiger partial charge is 0.169 e. The molecule has 1 heterocycles. The van der Waals surface area contributed by atoms with Crippen LogP contribution in [-0.2, 0) is 4.18 Å². The van der Waals surface area contributed by atoms with E-state index in [0.29, 0.717) is 24.3 Å². The van der Waals surface area contributed by atoms with Gasteiger partial charge in [0.25, 0.3) is 0 Å². The zero-order chi connectivity index (χ0) is 9.97. The number of benzene rings is 1. The Kier molecular flexibility index (Phi) is 2.74. The standard InChI is InChI=1S/C10H10O3S/c1-12-14-7-2-3-8-9(11)4-5-13-10(8)6-7/h2-3,6H,4-5H2,1H3. The van der Waals surface area contributed by atoms with E-state index in [4.69, 9.17) is 8.92 Å². The van der Waals surface area contributed by atoms with Crippen LogP contribution in [0.3, 0.4) is 0 Å². The number of ketones is 1. The summed E-state index contributed by atoms with van der Waals surface area (Å²) in [4.78, 5) is 12.4. The lowest BCUT2D eigenvalue weighted by atomic mass is 10.1. The van der Waals surface area contributed by atoms with Crippen molar-refractivity contribution in [3.63, 3.8) is 0 Å². The number of Topliss-reactive ketones (excluding diaryl/α,β-unsaturated/α-hetero) is 1. The van der Waals surface area contributed by atoms with Crippen molar-refractivity contribution in [1.29, 1.82) is 0 Å². The van der Waals surface area contributed by atoms with Crippen LogP contribution in [0.2, 0.25) is 0 Å². The lowest BCUT2D eigenvalue weighted by Crippen LogP contribution is -2.14. The molecule has 1 aliphatic rings. The molecule has 0 aliphatic carbocycles. The second-order valence-electron chi connectivity index (χ2n) is 2.93. The van der Waals surface area contributed by atoms with Gasteiger partial charge in [0.15, 0.2) is 5.78 Å². The molecule has 14 heavy (non-hydrogen) atoms. The van der Waals surface area contributed by atoms with Gasteiger partial charge in [-0.15, -0.1) is 0 Å². The number of fused-ring (bicyclic) bond motifs is 1. The molecule has 0 saturated heterocycles. The molecule has 1 aromatic carbocycles. The van der Waals surface area contributed by atoms with Gasteiger partial charge >= 0.3 is 0 Å². The minimum atomic E-state index is 0.153. The average Bonchev–Trinajstić information content (AvgIpc) is 2.18. The number of rotatable bonds is 2. The summed E-state index contributed by atoms with van der Waals surface area (Å²) < 4.78 is 10.3. The molecule has 0 fully saturated rings. The number of hydrogen-bond acceptors (Lipinski definition) is 4. The van der Waals surface area contributed by atoms with Crippen LogP contribution in [0.5, 0.6) is 5.75 Å².